The Labute approximate surface area is 126 Å². The van der Waals surface area contributed by atoms with Crippen LogP contribution in [0.4, 0.5) is 0 Å². The SMILES string of the molecule is CCCNC(COCC)Cc1cc(Cl)cc2c1OCC2. The lowest BCUT2D eigenvalue weighted by Crippen LogP contribution is -2.36. The van der Waals surface area contributed by atoms with Gasteiger partial charge in [-0.3, -0.25) is 0 Å². The molecule has 0 bridgehead atoms. The van der Waals surface area contributed by atoms with Crippen LogP contribution in [0.2, 0.25) is 5.02 Å². The number of fused-ring (bicyclic) bond motifs is 1. The van der Waals surface area contributed by atoms with Gasteiger partial charge in [-0.25, -0.2) is 0 Å². The molecule has 0 radical (unpaired) electrons. The lowest BCUT2D eigenvalue weighted by Gasteiger charge is -2.20. The molecule has 0 fully saturated rings. The summed E-state index contributed by atoms with van der Waals surface area (Å²) in [6.45, 7) is 7.43. The summed E-state index contributed by atoms with van der Waals surface area (Å²) >= 11 is 6.21. The van der Waals surface area contributed by atoms with E-state index in [1.807, 2.05) is 19.1 Å². The van der Waals surface area contributed by atoms with Crippen molar-refractivity contribution in [2.75, 3.05) is 26.4 Å². The Morgan fingerprint density at radius 3 is 3.00 bits per heavy atom. The van der Waals surface area contributed by atoms with Gasteiger partial charge in [0.05, 0.1) is 13.2 Å². The number of hydrogen-bond donors (Lipinski definition) is 1. The summed E-state index contributed by atoms with van der Waals surface area (Å²) in [7, 11) is 0. The summed E-state index contributed by atoms with van der Waals surface area (Å²) in [6.07, 6.45) is 2.97. The van der Waals surface area contributed by atoms with E-state index in [0.717, 1.165) is 56.4 Å². The molecule has 20 heavy (non-hydrogen) atoms. The summed E-state index contributed by atoms with van der Waals surface area (Å²) in [4.78, 5) is 0. The van der Waals surface area contributed by atoms with Crippen molar-refractivity contribution in [3.63, 3.8) is 0 Å². The summed E-state index contributed by atoms with van der Waals surface area (Å²) in [5.74, 6) is 1.04. The van der Waals surface area contributed by atoms with Crippen molar-refractivity contribution >= 4 is 11.6 Å². The Bertz CT molecular complexity index is 429. The van der Waals surface area contributed by atoms with Crippen molar-refractivity contribution in [3.05, 3.63) is 28.3 Å². The first-order valence-electron chi connectivity index (χ1n) is 7.49. The maximum Gasteiger partial charge on any atom is 0.125 e. The molecule has 3 nitrogen and oxygen atoms in total. The average molecular weight is 298 g/mol. The van der Waals surface area contributed by atoms with Crippen LogP contribution in [0.15, 0.2) is 12.1 Å². The van der Waals surface area contributed by atoms with Gasteiger partial charge in [-0.1, -0.05) is 18.5 Å². The second-order valence-electron chi connectivity index (χ2n) is 5.17. The molecule has 1 aromatic rings. The fourth-order valence-corrected chi connectivity index (χ4v) is 2.83. The maximum absolute atomic E-state index is 6.21. The molecule has 1 aromatic carbocycles. The molecule has 1 aliphatic heterocycles. The van der Waals surface area contributed by atoms with E-state index in [4.69, 9.17) is 21.1 Å². The molecule has 1 heterocycles. The van der Waals surface area contributed by atoms with E-state index in [1.165, 1.54) is 11.1 Å². The zero-order chi connectivity index (χ0) is 14.4. The molecule has 1 atom stereocenters. The number of halogens is 1. The molecule has 0 saturated carbocycles. The van der Waals surface area contributed by atoms with E-state index in [1.54, 1.807) is 0 Å². The molecular weight excluding hydrogens is 274 g/mol. The van der Waals surface area contributed by atoms with Crippen LogP contribution < -0.4 is 10.1 Å². The standard InChI is InChI=1S/C16H24ClNO2/c1-3-6-18-15(11-19-4-2)10-13-9-14(17)8-12-5-7-20-16(12)13/h8-9,15,18H,3-7,10-11H2,1-2H3. The first kappa shape index (κ1) is 15.6. The first-order chi connectivity index (χ1) is 9.74. The van der Waals surface area contributed by atoms with Gasteiger partial charge < -0.3 is 14.8 Å². The number of hydrogen-bond acceptors (Lipinski definition) is 3. The Kier molecular flexibility index (Phi) is 6.14. The fraction of sp³-hybridized carbons (Fsp3) is 0.625. The lowest BCUT2D eigenvalue weighted by atomic mass is 10.0. The summed E-state index contributed by atoms with van der Waals surface area (Å²) < 4.78 is 11.3. The largest absolute Gasteiger partial charge is 0.493 e. The van der Waals surface area contributed by atoms with Gasteiger partial charge in [0.2, 0.25) is 0 Å². The summed E-state index contributed by atoms with van der Waals surface area (Å²) in [6, 6.07) is 4.35. The first-order valence-corrected chi connectivity index (χ1v) is 7.87. The van der Waals surface area contributed by atoms with Gasteiger partial charge in [0.1, 0.15) is 5.75 Å². The monoisotopic (exact) mass is 297 g/mol. The van der Waals surface area contributed by atoms with Crippen molar-refractivity contribution in [2.24, 2.45) is 0 Å². The van der Waals surface area contributed by atoms with Gasteiger partial charge in [0.25, 0.3) is 0 Å². The van der Waals surface area contributed by atoms with Crippen LogP contribution in [0, 0.1) is 0 Å². The summed E-state index contributed by atoms with van der Waals surface area (Å²) in [5.41, 5.74) is 2.43. The fourth-order valence-electron chi connectivity index (χ4n) is 2.56. The van der Waals surface area contributed by atoms with E-state index < -0.39 is 0 Å². The van der Waals surface area contributed by atoms with Crippen molar-refractivity contribution < 1.29 is 9.47 Å². The van der Waals surface area contributed by atoms with Gasteiger partial charge in [0, 0.05) is 24.1 Å². The van der Waals surface area contributed by atoms with E-state index in [2.05, 4.69) is 12.2 Å². The molecule has 0 aliphatic carbocycles. The van der Waals surface area contributed by atoms with Crippen LogP contribution in [0.3, 0.4) is 0 Å². The number of ether oxygens (including phenoxy) is 2. The number of nitrogens with one attached hydrogen (secondary N) is 1. The predicted molar refractivity (Wildman–Crippen MR) is 82.9 cm³/mol. The minimum absolute atomic E-state index is 0.307. The zero-order valence-corrected chi connectivity index (χ0v) is 13.1. The van der Waals surface area contributed by atoms with Gasteiger partial charge >= 0.3 is 0 Å². The third kappa shape index (κ3) is 4.11. The minimum atomic E-state index is 0.307. The van der Waals surface area contributed by atoms with Crippen LogP contribution in [-0.2, 0) is 17.6 Å². The highest BCUT2D eigenvalue weighted by Crippen LogP contribution is 2.33. The third-order valence-electron chi connectivity index (χ3n) is 3.50. The number of benzene rings is 1. The molecule has 0 spiro atoms. The molecule has 4 heteroatoms. The molecular formula is C16H24ClNO2. The van der Waals surface area contributed by atoms with Crippen molar-refractivity contribution in [3.8, 4) is 5.75 Å². The van der Waals surface area contributed by atoms with Gasteiger partial charge in [-0.05, 0) is 49.6 Å². The lowest BCUT2D eigenvalue weighted by molar-refractivity contribution is 0.122. The Hall–Kier alpha value is -0.770. The molecule has 1 aliphatic rings. The van der Waals surface area contributed by atoms with Crippen LogP contribution in [0.25, 0.3) is 0 Å². The molecule has 2 rings (SSSR count). The third-order valence-corrected chi connectivity index (χ3v) is 3.72. The highest BCUT2D eigenvalue weighted by atomic mass is 35.5. The normalized spacial score (nSPS) is 14.9. The van der Waals surface area contributed by atoms with Gasteiger partial charge in [-0.15, -0.1) is 0 Å². The smallest absolute Gasteiger partial charge is 0.125 e. The molecule has 0 amide bonds. The molecule has 112 valence electrons. The Balaban J connectivity index is 2.09. The van der Waals surface area contributed by atoms with Crippen molar-refractivity contribution in [1.82, 2.24) is 5.32 Å². The van der Waals surface area contributed by atoms with E-state index in [0.29, 0.717) is 6.04 Å². The number of rotatable bonds is 8. The summed E-state index contributed by atoms with van der Waals surface area (Å²) in [5, 5.41) is 4.34. The maximum atomic E-state index is 6.21. The van der Waals surface area contributed by atoms with E-state index in [-0.39, 0.29) is 0 Å². The Morgan fingerprint density at radius 2 is 2.25 bits per heavy atom. The predicted octanol–water partition coefficient (Wildman–Crippen LogP) is 3.22. The average Bonchev–Trinajstić information content (AvgIpc) is 2.89. The molecule has 1 N–H and O–H groups in total. The van der Waals surface area contributed by atoms with Crippen molar-refractivity contribution in [2.45, 2.75) is 39.2 Å². The van der Waals surface area contributed by atoms with Crippen molar-refractivity contribution in [1.29, 1.82) is 0 Å². The van der Waals surface area contributed by atoms with E-state index in [9.17, 15) is 0 Å². The quantitative estimate of drug-likeness (QED) is 0.799. The minimum Gasteiger partial charge on any atom is -0.493 e. The second-order valence-corrected chi connectivity index (χ2v) is 5.60. The second kappa shape index (κ2) is 7.87. The van der Waals surface area contributed by atoms with Crippen LogP contribution in [0.1, 0.15) is 31.4 Å². The zero-order valence-electron chi connectivity index (χ0n) is 12.4. The molecule has 0 aromatic heterocycles. The van der Waals surface area contributed by atoms with Crippen LogP contribution >= 0.6 is 11.6 Å². The highest BCUT2D eigenvalue weighted by Gasteiger charge is 2.20. The van der Waals surface area contributed by atoms with Gasteiger partial charge in [-0.2, -0.15) is 0 Å². The Morgan fingerprint density at radius 1 is 1.40 bits per heavy atom. The highest BCUT2D eigenvalue weighted by molar-refractivity contribution is 6.30. The molecule has 1 unspecified atom stereocenters. The van der Waals surface area contributed by atoms with Crippen LogP contribution in [0.5, 0.6) is 5.75 Å². The molecule has 0 saturated heterocycles. The van der Waals surface area contributed by atoms with Gasteiger partial charge in [0.15, 0.2) is 0 Å². The van der Waals surface area contributed by atoms with E-state index >= 15 is 0 Å². The topological polar surface area (TPSA) is 30.5 Å². The van der Waals surface area contributed by atoms with Crippen LogP contribution in [-0.4, -0.2) is 32.4 Å².